The number of nitrogens with zero attached hydrogens (tertiary/aromatic N) is 3. The van der Waals surface area contributed by atoms with Gasteiger partial charge in [-0.2, -0.15) is 13.2 Å². The molecule has 4 rings (SSSR count). The van der Waals surface area contributed by atoms with Gasteiger partial charge >= 0.3 is 6.18 Å². The Kier molecular flexibility index (Phi) is 6.22. The van der Waals surface area contributed by atoms with Crippen LogP contribution in [0.25, 0.3) is 0 Å². The maximum Gasteiger partial charge on any atom is 0.433 e. The Hall–Kier alpha value is -2.55. The molecular formula is C22H27F3N4O2. The van der Waals surface area contributed by atoms with Crippen LogP contribution >= 0.6 is 0 Å². The number of piperidine rings is 1. The van der Waals surface area contributed by atoms with Crippen LogP contribution in [0.5, 0.6) is 11.6 Å². The molecule has 168 valence electrons. The van der Waals surface area contributed by atoms with Gasteiger partial charge in [0.1, 0.15) is 18.9 Å². The Balaban J connectivity index is 1.38. The minimum atomic E-state index is -4.45. The fraction of sp³-hybridized carbons (Fsp3) is 0.545. The average Bonchev–Trinajstić information content (AvgIpc) is 2.76. The number of alkyl halides is 3. The van der Waals surface area contributed by atoms with E-state index in [9.17, 15) is 13.2 Å². The molecule has 0 aromatic carbocycles. The molecule has 0 aliphatic carbocycles. The average molecular weight is 436 g/mol. The van der Waals surface area contributed by atoms with Crippen molar-refractivity contribution < 1.29 is 22.6 Å². The number of ether oxygens (including phenoxy) is 2. The lowest BCUT2D eigenvalue weighted by Crippen LogP contribution is -2.39. The maximum atomic E-state index is 13.0. The molecular weight excluding hydrogens is 409 g/mol. The highest BCUT2D eigenvalue weighted by atomic mass is 19.4. The molecule has 2 unspecified atom stereocenters. The maximum absolute atomic E-state index is 13.0. The van der Waals surface area contributed by atoms with Crippen LogP contribution in [0.4, 0.5) is 18.9 Å². The van der Waals surface area contributed by atoms with E-state index in [1.54, 1.807) is 13.0 Å². The minimum absolute atomic E-state index is 0.110. The largest absolute Gasteiger partial charge is 0.484 e. The van der Waals surface area contributed by atoms with Gasteiger partial charge in [0.2, 0.25) is 0 Å². The van der Waals surface area contributed by atoms with Gasteiger partial charge in [0.25, 0.3) is 5.88 Å². The Morgan fingerprint density at radius 2 is 2.00 bits per heavy atom. The van der Waals surface area contributed by atoms with Crippen LogP contribution in [-0.2, 0) is 6.18 Å². The molecule has 0 amide bonds. The minimum Gasteiger partial charge on any atom is -0.484 e. The monoisotopic (exact) mass is 436 g/mol. The van der Waals surface area contributed by atoms with Crippen LogP contribution in [0.3, 0.4) is 0 Å². The second kappa shape index (κ2) is 8.90. The quantitative estimate of drug-likeness (QED) is 0.747. The fourth-order valence-corrected chi connectivity index (χ4v) is 4.16. The number of hydrogen-bond donors (Lipinski definition) is 1. The highest BCUT2D eigenvalue weighted by Crippen LogP contribution is 2.33. The first-order chi connectivity index (χ1) is 14.8. The molecule has 1 N–H and O–H groups in total. The van der Waals surface area contributed by atoms with E-state index in [0.29, 0.717) is 48.7 Å². The molecule has 0 radical (unpaired) electrons. The standard InChI is InChI=1S/C22H27F3N4O2/c1-14-10-17(11-20(27-14)22(23,24)25)26-12-16-4-3-7-29(13-16)15(2)18-5-6-19-21(28-18)31-9-8-30-19/h5-6,10-11,15-16H,3-4,7-9,12-13H2,1-2H3,(H,26,27). The zero-order valence-electron chi connectivity index (χ0n) is 17.7. The van der Waals surface area contributed by atoms with Crippen LogP contribution in [0.2, 0.25) is 0 Å². The van der Waals surface area contributed by atoms with Crippen molar-refractivity contribution in [3.63, 3.8) is 0 Å². The van der Waals surface area contributed by atoms with Gasteiger partial charge in [0.15, 0.2) is 5.75 Å². The van der Waals surface area contributed by atoms with Crippen LogP contribution < -0.4 is 14.8 Å². The third-order valence-electron chi connectivity index (χ3n) is 5.79. The van der Waals surface area contributed by atoms with E-state index >= 15 is 0 Å². The number of nitrogens with one attached hydrogen (secondary N) is 1. The van der Waals surface area contributed by atoms with Gasteiger partial charge in [-0.05, 0) is 63.4 Å². The van der Waals surface area contributed by atoms with Gasteiger partial charge in [0, 0.05) is 30.5 Å². The summed E-state index contributed by atoms with van der Waals surface area (Å²) in [7, 11) is 0. The number of likely N-dealkylation sites (tertiary alicyclic amines) is 1. The zero-order valence-corrected chi connectivity index (χ0v) is 17.7. The number of hydrogen-bond acceptors (Lipinski definition) is 6. The van der Waals surface area contributed by atoms with E-state index in [1.807, 2.05) is 12.1 Å². The number of fused-ring (bicyclic) bond motifs is 1. The lowest BCUT2D eigenvalue weighted by molar-refractivity contribution is -0.141. The molecule has 0 bridgehead atoms. The van der Waals surface area contributed by atoms with Gasteiger partial charge in [-0.25, -0.2) is 9.97 Å². The molecule has 6 nitrogen and oxygen atoms in total. The molecule has 0 saturated carbocycles. The molecule has 4 heterocycles. The predicted octanol–water partition coefficient (Wildman–Crippen LogP) is 4.46. The number of rotatable bonds is 5. The summed E-state index contributed by atoms with van der Waals surface area (Å²) in [6.07, 6.45) is -2.39. The Labute approximate surface area is 179 Å². The third kappa shape index (κ3) is 5.20. The van der Waals surface area contributed by atoms with Gasteiger partial charge in [-0.3, -0.25) is 4.90 Å². The normalized spacial score (nSPS) is 20.4. The Morgan fingerprint density at radius 1 is 1.19 bits per heavy atom. The topological polar surface area (TPSA) is 59.5 Å². The summed E-state index contributed by atoms with van der Waals surface area (Å²) in [5, 5.41) is 3.19. The van der Waals surface area contributed by atoms with Crippen molar-refractivity contribution in [3.8, 4) is 11.6 Å². The lowest BCUT2D eigenvalue weighted by Gasteiger charge is -2.37. The lowest BCUT2D eigenvalue weighted by atomic mass is 9.96. The second-order valence-electron chi connectivity index (χ2n) is 8.18. The molecule has 2 atom stereocenters. The van der Waals surface area contributed by atoms with E-state index in [4.69, 9.17) is 9.47 Å². The summed E-state index contributed by atoms with van der Waals surface area (Å²) < 4.78 is 50.2. The molecule has 9 heteroatoms. The highest BCUT2D eigenvalue weighted by Gasteiger charge is 2.33. The van der Waals surface area contributed by atoms with Gasteiger partial charge in [-0.1, -0.05) is 0 Å². The summed E-state index contributed by atoms with van der Waals surface area (Å²) in [4.78, 5) is 10.6. The fourth-order valence-electron chi connectivity index (χ4n) is 4.16. The SMILES string of the molecule is Cc1cc(NCC2CCCN(C(C)c3ccc4c(n3)OCCO4)C2)cc(C(F)(F)F)n1. The van der Waals surface area contributed by atoms with Gasteiger partial charge < -0.3 is 14.8 Å². The number of aryl methyl sites for hydroxylation is 1. The third-order valence-corrected chi connectivity index (χ3v) is 5.79. The zero-order chi connectivity index (χ0) is 22.0. The summed E-state index contributed by atoms with van der Waals surface area (Å²) in [5.74, 6) is 1.55. The van der Waals surface area contributed by atoms with Gasteiger partial charge in [0.05, 0.1) is 5.69 Å². The number of aromatic nitrogens is 2. The highest BCUT2D eigenvalue weighted by molar-refractivity contribution is 5.46. The summed E-state index contributed by atoms with van der Waals surface area (Å²) in [6.45, 7) is 7.14. The first kappa shape index (κ1) is 21.7. The molecule has 0 spiro atoms. The van der Waals surface area contributed by atoms with Crippen molar-refractivity contribution in [1.82, 2.24) is 14.9 Å². The molecule has 2 aliphatic rings. The molecule has 1 fully saturated rings. The number of halogens is 3. The van der Waals surface area contributed by atoms with E-state index in [0.717, 1.165) is 37.7 Å². The first-order valence-electron chi connectivity index (χ1n) is 10.6. The Bertz CT molecular complexity index is 922. The van der Waals surface area contributed by atoms with Crippen LogP contribution in [0.1, 0.15) is 42.9 Å². The van der Waals surface area contributed by atoms with Crippen LogP contribution in [0, 0.1) is 12.8 Å². The first-order valence-corrected chi connectivity index (χ1v) is 10.6. The van der Waals surface area contributed by atoms with Crippen LogP contribution in [0.15, 0.2) is 24.3 Å². The Morgan fingerprint density at radius 3 is 2.81 bits per heavy atom. The smallest absolute Gasteiger partial charge is 0.433 e. The molecule has 1 saturated heterocycles. The summed E-state index contributed by atoms with van der Waals surface area (Å²) in [5.41, 5.74) is 0.871. The molecule has 31 heavy (non-hydrogen) atoms. The predicted molar refractivity (Wildman–Crippen MR) is 110 cm³/mol. The van der Waals surface area contributed by atoms with E-state index in [1.165, 1.54) is 0 Å². The summed E-state index contributed by atoms with van der Waals surface area (Å²) >= 11 is 0. The van der Waals surface area contributed by atoms with Gasteiger partial charge in [-0.15, -0.1) is 0 Å². The summed E-state index contributed by atoms with van der Waals surface area (Å²) in [6, 6.07) is 6.71. The van der Waals surface area contributed by atoms with Crippen LogP contribution in [-0.4, -0.2) is 47.7 Å². The van der Waals surface area contributed by atoms with E-state index < -0.39 is 11.9 Å². The second-order valence-corrected chi connectivity index (χ2v) is 8.18. The molecule has 2 aromatic rings. The molecule has 2 aliphatic heterocycles. The van der Waals surface area contributed by atoms with Crippen molar-refractivity contribution in [3.05, 3.63) is 41.3 Å². The van der Waals surface area contributed by atoms with Crippen molar-refractivity contribution >= 4 is 5.69 Å². The number of pyridine rings is 2. The number of anilines is 1. The molecule has 2 aromatic heterocycles. The van der Waals surface area contributed by atoms with E-state index in [2.05, 4.69) is 27.1 Å². The van der Waals surface area contributed by atoms with Crippen molar-refractivity contribution in [2.24, 2.45) is 5.92 Å². The van der Waals surface area contributed by atoms with E-state index in [-0.39, 0.29) is 6.04 Å². The van der Waals surface area contributed by atoms with Crippen molar-refractivity contribution in [2.75, 3.05) is 38.2 Å². The van der Waals surface area contributed by atoms with Crippen molar-refractivity contribution in [1.29, 1.82) is 0 Å². The van der Waals surface area contributed by atoms with Crippen molar-refractivity contribution in [2.45, 2.75) is 38.9 Å².